The second kappa shape index (κ2) is 16.6. The molecular weight excluding hydrogens is 637 g/mol. The van der Waals surface area contributed by atoms with Crippen molar-refractivity contribution in [1.82, 2.24) is 0 Å². The lowest BCUT2D eigenvalue weighted by Gasteiger charge is -2.25. The minimum Gasteiger partial charge on any atom is -0.497 e. The van der Waals surface area contributed by atoms with E-state index in [1.54, 1.807) is 14.2 Å². The van der Waals surface area contributed by atoms with E-state index in [0.29, 0.717) is 0 Å². The van der Waals surface area contributed by atoms with Gasteiger partial charge < -0.3 is 19.3 Å². The molecule has 7 aromatic rings. The zero-order chi connectivity index (χ0) is 35.5. The fourth-order valence-electron chi connectivity index (χ4n) is 6.58. The van der Waals surface area contributed by atoms with Gasteiger partial charge >= 0.3 is 0 Å². The molecule has 4 heteroatoms. The summed E-state index contributed by atoms with van der Waals surface area (Å²) in [6.45, 7) is 0. The standard InChI is InChI=1S/C48H44N2O2/c1-51-47-33-29-45(30-34-47)49(41-9-5-3-6-10-41)43-25-21-39(22-26-43)19-17-37-13-15-38(16-14-37)18-20-40-23-27-44(28-24-40)50(42-11-7-4-8-12-42)46-31-35-48(52-2)36-32-46/h3-16,21-36H,17-20H2,1-2H3. The highest BCUT2D eigenvalue weighted by molar-refractivity contribution is 5.78. The maximum absolute atomic E-state index is 5.39. The average molecular weight is 681 g/mol. The van der Waals surface area contributed by atoms with Gasteiger partial charge in [-0.05, 0) is 145 Å². The monoisotopic (exact) mass is 680 g/mol. The number of methoxy groups -OCH3 is 2. The van der Waals surface area contributed by atoms with Crippen LogP contribution >= 0.6 is 0 Å². The van der Waals surface area contributed by atoms with Gasteiger partial charge in [0.1, 0.15) is 11.5 Å². The van der Waals surface area contributed by atoms with Crippen LogP contribution in [0.1, 0.15) is 22.3 Å². The normalized spacial score (nSPS) is 10.8. The molecule has 0 amide bonds. The second-order valence-corrected chi connectivity index (χ2v) is 12.9. The van der Waals surface area contributed by atoms with E-state index in [-0.39, 0.29) is 0 Å². The van der Waals surface area contributed by atoms with E-state index in [2.05, 4.69) is 168 Å². The quantitative estimate of drug-likeness (QED) is 0.114. The summed E-state index contributed by atoms with van der Waals surface area (Å²) < 4.78 is 10.8. The molecule has 0 heterocycles. The van der Waals surface area contributed by atoms with Gasteiger partial charge in [-0.1, -0.05) is 84.9 Å². The first kappa shape index (κ1) is 34.2. The van der Waals surface area contributed by atoms with E-state index < -0.39 is 0 Å². The Bertz CT molecular complexity index is 1960. The topological polar surface area (TPSA) is 24.9 Å². The third-order valence-electron chi connectivity index (χ3n) is 9.51. The van der Waals surface area contributed by atoms with Crippen LogP contribution in [-0.4, -0.2) is 14.2 Å². The number of ether oxygens (including phenoxy) is 2. The van der Waals surface area contributed by atoms with Gasteiger partial charge in [0, 0.05) is 34.1 Å². The van der Waals surface area contributed by atoms with Gasteiger partial charge in [0.15, 0.2) is 0 Å². The number of anilines is 6. The van der Waals surface area contributed by atoms with E-state index in [1.807, 2.05) is 24.3 Å². The number of hydrogen-bond acceptors (Lipinski definition) is 4. The smallest absolute Gasteiger partial charge is 0.119 e. The van der Waals surface area contributed by atoms with Gasteiger partial charge in [0.2, 0.25) is 0 Å². The Hall–Kier alpha value is -6.26. The minimum absolute atomic E-state index is 0.850. The lowest BCUT2D eigenvalue weighted by atomic mass is 10.00. The first-order chi connectivity index (χ1) is 25.7. The molecule has 0 aromatic heterocycles. The van der Waals surface area contributed by atoms with Crippen molar-refractivity contribution in [2.45, 2.75) is 25.7 Å². The predicted molar refractivity (Wildman–Crippen MR) is 217 cm³/mol. The minimum atomic E-state index is 0.850. The Labute approximate surface area is 308 Å². The summed E-state index contributed by atoms with van der Waals surface area (Å²) in [5.41, 5.74) is 12.1. The van der Waals surface area contributed by atoms with Gasteiger partial charge in [-0.25, -0.2) is 0 Å². The molecule has 0 saturated heterocycles. The second-order valence-electron chi connectivity index (χ2n) is 12.9. The molecule has 0 radical (unpaired) electrons. The Morgan fingerprint density at radius 2 is 0.519 bits per heavy atom. The number of para-hydroxylation sites is 2. The molecule has 0 spiro atoms. The zero-order valence-electron chi connectivity index (χ0n) is 29.9. The van der Waals surface area contributed by atoms with Crippen molar-refractivity contribution in [1.29, 1.82) is 0 Å². The molecule has 4 nitrogen and oxygen atoms in total. The number of aryl methyl sites for hydroxylation is 4. The Morgan fingerprint density at radius 1 is 0.288 bits per heavy atom. The highest BCUT2D eigenvalue weighted by Gasteiger charge is 2.14. The van der Waals surface area contributed by atoms with Crippen molar-refractivity contribution >= 4 is 34.1 Å². The van der Waals surface area contributed by atoms with E-state index in [0.717, 1.165) is 71.3 Å². The van der Waals surface area contributed by atoms with Gasteiger partial charge in [0.25, 0.3) is 0 Å². The summed E-state index contributed by atoms with van der Waals surface area (Å²) in [7, 11) is 3.40. The van der Waals surface area contributed by atoms with Crippen LogP contribution < -0.4 is 19.3 Å². The SMILES string of the molecule is COc1ccc(N(c2ccccc2)c2ccc(CCc3ccc(CCc4ccc(N(c5ccccc5)c5ccc(OC)cc5)cc4)cc3)cc2)cc1. The van der Waals surface area contributed by atoms with E-state index >= 15 is 0 Å². The Kier molecular flexibility index (Phi) is 10.9. The number of rotatable bonds is 14. The van der Waals surface area contributed by atoms with Gasteiger partial charge in [-0.3, -0.25) is 0 Å². The van der Waals surface area contributed by atoms with Crippen molar-refractivity contribution < 1.29 is 9.47 Å². The summed E-state index contributed by atoms with van der Waals surface area (Å²) in [5, 5.41) is 0. The van der Waals surface area contributed by atoms with Crippen LogP contribution in [0.4, 0.5) is 34.1 Å². The molecule has 7 aromatic carbocycles. The molecule has 52 heavy (non-hydrogen) atoms. The number of benzene rings is 7. The van der Waals surface area contributed by atoms with E-state index in [1.165, 1.54) is 22.3 Å². The van der Waals surface area contributed by atoms with Crippen LogP contribution in [0.3, 0.4) is 0 Å². The maximum Gasteiger partial charge on any atom is 0.119 e. The van der Waals surface area contributed by atoms with Crippen molar-refractivity contribution in [3.8, 4) is 11.5 Å². The fourth-order valence-corrected chi connectivity index (χ4v) is 6.58. The van der Waals surface area contributed by atoms with E-state index in [9.17, 15) is 0 Å². The van der Waals surface area contributed by atoms with Crippen molar-refractivity contribution in [3.63, 3.8) is 0 Å². The summed E-state index contributed by atoms with van der Waals surface area (Å²) in [4.78, 5) is 4.55. The van der Waals surface area contributed by atoms with Gasteiger partial charge in [-0.15, -0.1) is 0 Å². The molecule has 0 unspecified atom stereocenters. The maximum atomic E-state index is 5.39. The van der Waals surface area contributed by atoms with Crippen LogP contribution in [0, 0.1) is 0 Å². The van der Waals surface area contributed by atoms with Gasteiger partial charge in [-0.2, -0.15) is 0 Å². The summed E-state index contributed by atoms with van der Waals surface area (Å²) >= 11 is 0. The largest absolute Gasteiger partial charge is 0.497 e. The van der Waals surface area contributed by atoms with Crippen LogP contribution in [-0.2, 0) is 25.7 Å². The Morgan fingerprint density at radius 3 is 0.788 bits per heavy atom. The summed E-state index contributed by atoms with van der Waals surface area (Å²) in [6.07, 6.45) is 4.01. The van der Waals surface area contributed by atoms with Crippen molar-refractivity contribution in [3.05, 3.63) is 204 Å². The lowest BCUT2D eigenvalue weighted by molar-refractivity contribution is 0.414. The molecule has 0 saturated carbocycles. The van der Waals surface area contributed by atoms with Crippen LogP contribution in [0.5, 0.6) is 11.5 Å². The molecule has 0 bridgehead atoms. The predicted octanol–water partition coefficient (Wildman–Crippen LogP) is 12.2. The first-order valence-electron chi connectivity index (χ1n) is 17.9. The number of nitrogens with zero attached hydrogens (tertiary/aromatic N) is 2. The zero-order valence-corrected chi connectivity index (χ0v) is 29.9. The van der Waals surface area contributed by atoms with Crippen molar-refractivity contribution in [2.24, 2.45) is 0 Å². The highest BCUT2D eigenvalue weighted by Crippen LogP contribution is 2.37. The molecule has 0 aliphatic carbocycles. The van der Waals surface area contributed by atoms with Crippen LogP contribution in [0.25, 0.3) is 0 Å². The fraction of sp³-hybridized carbons (Fsp3) is 0.125. The summed E-state index contributed by atoms with van der Waals surface area (Å²) in [6, 6.07) is 64.5. The van der Waals surface area contributed by atoms with E-state index in [4.69, 9.17) is 9.47 Å². The average Bonchev–Trinajstić information content (AvgIpc) is 3.22. The third kappa shape index (κ3) is 8.36. The molecule has 0 atom stereocenters. The Balaban J connectivity index is 0.954. The first-order valence-corrected chi connectivity index (χ1v) is 17.9. The van der Waals surface area contributed by atoms with Crippen LogP contribution in [0.15, 0.2) is 182 Å². The number of hydrogen-bond donors (Lipinski definition) is 0. The molecule has 0 N–H and O–H groups in total. The lowest BCUT2D eigenvalue weighted by Crippen LogP contribution is -2.09. The summed E-state index contributed by atoms with van der Waals surface area (Å²) in [5.74, 6) is 1.70. The van der Waals surface area contributed by atoms with Gasteiger partial charge in [0.05, 0.1) is 14.2 Å². The molecular formula is C48H44N2O2. The molecule has 0 aliphatic heterocycles. The third-order valence-corrected chi connectivity index (χ3v) is 9.51. The molecule has 0 aliphatic rings. The van der Waals surface area contributed by atoms with Crippen molar-refractivity contribution in [2.75, 3.05) is 24.0 Å². The molecule has 7 rings (SSSR count). The van der Waals surface area contributed by atoms with Crippen LogP contribution in [0.2, 0.25) is 0 Å². The molecule has 0 fully saturated rings. The molecule has 258 valence electrons. The highest BCUT2D eigenvalue weighted by atomic mass is 16.5.